The second-order valence-corrected chi connectivity index (χ2v) is 6.30. The van der Waals surface area contributed by atoms with Gasteiger partial charge in [0.25, 0.3) is 0 Å². The van der Waals surface area contributed by atoms with E-state index in [0.29, 0.717) is 6.07 Å². The maximum absolute atomic E-state index is 13.8. The fourth-order valence-electron chi connectivity index (χ4n) is 1.71. The summed E-state index contributed by atoms with van der Waals surface area (Å²) in [4.78, 5) is 23.5. The summed E-state index contributed by atoms with van der Waals surface area (Å²) in [6.07, 6.45) is 0.932. The molecular weight excluding hydrogens is 423 g/mol. The van der Waals surface area contributed by atoms with Crippen LogP contribution in [0.5, 0.6) is 0 Å². The highest BCUT2D eigenvalue weighted by atomic mass is 127. The molecule has 1 unspecified atom stereocenters. The van der Waals surface area contributed by atoms with E-state index in [2.05, 4.69) is 5.32 Å². The van der Waals surface area contributed by atoms with Crippen molar-refractivity contribution in [3.8, 4) is 0 Å². The molecule has 8 heteroatoms. The van der Waals surface area contributed by atoms with Crippen molar-refractivity contribution in [3.63, 3.8) is 0 Å². The summed E-state index contributed by atoms with van der Waals surface area (Å²) >= 11 is 1.58. The minimum absolute atomic E-state index is 0.000429. The van der Waals surface area contributed by atoms with Crippen molar-refractivity contribution in [2.45, 2.75) is 19.9 Å². The number of ketones is 1. The molecule has 0 saturated carbocycles. The van der Waals surface area contributed by atoms with E-state index >= 15 is 0 Å². The van der Waals surface area contributed by atoms with Crippen LogP contribution in [0.1, 0.15) is 24.2 Å². The molecule has 0 spiro atoms. The number of Topliss-reactive ketones (excluding diaryl/α,β-unsaturated/α-hetero) is 1. The maximum Gasteiger partial charge on any atom is 0.341 e. The number of rotatable bonds is 7. The van der Waals surface area contributed by atoms with Crippen molar-refractivity contribution in [1.29, 1.82) is 0 Å². The first-order valence-corrected chi connectivity index (χ1v) is 7.76. The van der Waals surface area contributed by atoms with Crippen molar-refractivity contribution in [3.05, 3.63) is 44.7 Å². The molecule has 1 aromatic rings. The lowest BCUT2D eigenvalue weighted by atomic mass is 10.0. The van der Waals surface area contributed by atoms with Gasteiger partial charge in [0.2, 0.25) is 5.78 Å². The number of carboxylic acid groups (broad SMARTS) is 1. The van der Waals surface area contributed by atoms with E-state index < -0.39 is 40.6 Å². The fourth-order valence-corrected chi connectivity index (χ4v) is 2.18. The molecule has 0 fully saturated rings. The van der Waals surface area contributed by atoms with Gasteiger partial charge in [-0.05, 0) is 34.6 Å². The second kappa shape index (κ2) is 8.34. The van der Waals surface area contributed by atoms with Crippen LogP contribution in [0.25, 0.3) is 0 Å². The molecule has 0 aliphatic heterocycles. The van der Waals surface area contributed by atoms with E-state index in [9.17, 15) is 23.5 Å². The normalized spacial score (nSPS) is 13.1. The molecule has 1 aromatic carbocycles. The first kappa shape index (κ1) is 19.5. The topological polar surface area (TPSA) is 86.6 Å². The van der Waals surface area contributed by atoms with Gasteiger partial charge in [0, 0.05) is 15.8 Å². The summed E-state index contributed by atoms with van der Waals surface area (Å²) in [5.41, 5.74) is -1.23. The van der Waals surface area contributed by atoms with E-state index in [4.69, 9.17) is 5.11 Å². The van der Waals surface area contributed by atoms with E-state index in [1.54, 1.807) is 36.4 Å². The standard InChI is InChI=1S/C15H16F2INO4/c1-7(2)13(6-20)19-5-9(15(22)23)14(21)8-3-12(18)11(17)4-10(8)16/h3-5,7,13,19-20H,6H2,1-2H3,(H,22,23). The Bertz CT molecular complexity index is 647. The van der Waals surface area contributed by atoms with E-state index in [1.165, 1.54) is 0 Å². The van der Waals surface area contributed by atoms with Crippen LogP contribution < -0.4 is 5.32 Å². The molecule has 1 atom stereocenters. The van der Waals surface area contributed by atoms with Gasteiger partial charge in [-0.2, -0.15) is 0 Å². The Kier molecular flexibility index (Phi) is 7.07. The summed E-state index contributed by atoms with van der Waals surface area (Å²) in [6, 6.07) is 1.03. The summed E-state index contributed by atoms with van der Waals surface area (Å²) in [7, 11) is 0. The number of nitrogens with one attached hydrogen (secondary N) is 1. The molecule has 23 heavy (non-hydrogen) atoms. The Balaban J connectivity index is 3.18. The number of benzene rings is 1. The number of halogens is 3. The molecule has 0 radical (unpaired) electrons. The van der Waals surface area contributed by atoms with Gasteiger partial charge in [0.05, 0.1) is 18.2 Å². The number of aliphatic hydroxyl groups is 1. The highest BCUT2D eigenvalue weighted by molar-refractivity contribution is 14.1. The number of aliphatic hydroxyl groups excluding tert-OH is 1. The van der Waals surface area contributed by atoms with Gasteiger partial charge in [-0.1, -0.05) is 13.8 Å². The molecule has 0 amide bonds. The summed E-state index contributed by atoms with van der Waals surface area (Å²) < 4.78 is 27.0. The van der Waals surface area contributed by atoms with Crippen molar-refractivity contribution in [2.24, 2.45) is 5.92 Å². The third kappa shape index (κ3) is 4.96. The lowest BCUT2D eigenvalue weighted by Crippen LogP contribution is -2.34. The molecule has 0 aliphatic carbocycles. The third-order valence-electron chi connectivity index (χ3n) is 3.17. The molecule has 0 aromatic heterocycles. The number of carbonyl (C=O) groups is 2. The average Bonchev–Trinajstić information content (AvgIpc) is 2.46. The zero-order valence-corrected chi connectivity index (χ0v) is 14.6. The van der Waals surface area contributed by atoms with Gasteiger partial charge in [0.1, 0.15) is 17.2 Å². The Hall–Kier alpha value is -1.55. The molecular formula is C15H16F2INO4. The number of aliphatic carboxylic acids is 1. The van der Waals surface area contributed by atoms with Crippen LogP contribution >= 0.6 is 22.6 Å². The highest BCUT2D eigenvalue weighted by Gasteiger charge is 2.24. The Labute approximate surface area is 145 Å². The number of carbonyl (C=O) groups excluding carboxylic acids is 1. The Morgan fingerprint density at radius 3 is 2.39 bits per heavy atom. The highest BCUT2D eigenvalue weighted by Crippen LogP contribution is 2.19. The lowest BCUT2D eigenvalue weighted by Gasteiger charge is -2.18. The van der Waals surface area contributed by atoms with Crippen LogP contribution in [0.3, 0.4) is 0 Å². The van der Waals surface area contributed by atoms with Gasteiger partial charge in [-0.3, -0.25) is 4.79 Å². The zero-order chi connectivity index (χ0) is 17.7. The predicted octanol–water partition coefficient (Wildman–Crippen LogP) is 2.33. The molecule has 126 valence electrons. The molecule has 0 aliphatic rings. The molecule has 3 N–H and O–H groups in total. The number of hydrogen-bond acceptors (Lipinski definition) is 4. The first-order chi connectivity index (χ1) is 10.7. The zero-order valence-electron chi connectivity index (χ0n) is 12.4. The van der Waals surface area contributed by atoms with Crippen molar-refractivity contribution in [1.82, 2.24) is 5.32 Å². The SMILES string of the molecule is CC(C)C(CO)NC=C(C(=O)O)C(=O)c1cc(I)c(F)cc1F. The predicted molar refractivity (Wildman–Crippen MR) is 88.0 cm³/mol. The average molecular weight is 439 g/mol. The first-order valence-electron chi connectivity index (χ1n) is 6.68. The molecule has 1 rings (SSSR count). The molecule has 5 nitrogen and oxygen atoms in total. The fraction of sp³-hybridized carbons (Fsp3) is 0.333. The summed E-state index contributed by atoms with van der Waals surface area (Å²) in [5, 5.41) is 21.0. The van der Waals surface area contributed by atoms with Gasteiger partial charge in [0.15, 0.2) is 0 Å². The van der Waals surface area contributed by atoms with Crippen LogP contribution in [0.4, 0.5) is 8.78 Å². The minimum Gasteiger partial charge on any atom is -0.477 e. The van der Waals surface area contributed by atoms with Crippen LogP contribution in [0.2, 0.25) is 0 Å². The number of carboxylic acids is 1. The lowest BCUT2D eigenvalue weighted by molar-refractivity contribution is -0.132. The van der Waals surface area contributed by atoms with Gasteiger partial charge >= 0.3 is 5.97 Å². The van der Waals surface area contributed by atoms with E-state index in [-0.39, 0.29) is 16.1 Å². The summed E-state index contributed by atoms with van der Waals surface area (Å²) in [5.74, 6) is -4.63. The van der Waals surface area contributed by atoms with Crippen molar-refractivity contribution in [2.75, 3.05) is 6.61 Å². The van der Waals surface area contributed by atoms with Gasteiger partial charge in [-0.25, -0.2) is 13.6 Å². The van der Waals surface area contributed by atoms with Crippen LogP contribution in [0, 0.1) is 21.1 Å². The van der Waals surface area contributed by atoms with Crippen LogP contribution in [0.15, 0.2) is 23.9 Å². The largest absolute Gasteiger partial charge is 0.477 e. The second-order valence-electron chi connectivity index (χ2n) is 5.14. The van der Waals surface area contributed by atoms with Crippen molar-refractivity contribution < 1.29 is 28.6 Å². The Morgan fingerprint density at radius 2 is 1.91 bits per heavy atom. The van der Waals surface area contributed by atoms with Gasteiger partial charge in [-0.15, -0.1) is 0 Å². The van der Waals surface area contributed by atoms with E-state index in [0.717, 1.165) is 12.3 Å². The summed E-state index contributed by atoms with van der Waals surface area (Å²) in [6.45, 7) is 3.33. The van der Waals surface area contributed by atoms with E-state index in [1.807, 2.05) is 0 Å². The molecule has 0 heterocycles. The van der Waals surface area contributed by atoms with Crippen LogP contribution in [-0.2, 0) is 4.79 Å². The molecule has 0 saturated heterocycles. The van der Waals surface area contributed by atoms with Crippen LogP contribution in [-0.4, -0.2) is 34.6 Å². The quantitative estimate of drug-likeness (QED) is 0.152. The molecule has 0 bridgehead atoms. The monoisotopic (exact) mass is 439 g/mol. The Morgan fingerprint density at radius 1 is 1.30 bits per heavy atom. The number of hydrogen-bond donors (Lipinski definition) is 3. The smallest absolute Gasteiger partial charge is 0.341 e. The third-order valence-corrected chi connectivity index (χ3v) is 4.00. The van der Waals surface area contributed by atoms with Crippen molar-refractivity contribution >= 4 is 34.3 Å². The van der Waals surface area contributed by atoms with Gasteiger partial charge < -0.3 is 15.5 Å². The maximum atomic E-state index is 13.8. The minimum atomic E-state index is -1.55.